The molecule has 86 valence electrons. The Hall–Kier alpha value is -2.03. The molecule has 0 N–H and O–H groups in total. The van der Waals surface area contributed by atoms with Gasteiger partial charge in [0.25, 0.3) is 0 Å². The van der Waals surface area contributed by atoms with Crippen LogP contribution in [0.3, 0.4) is 0 Å². The third-order valence-electron chi connectivity index (χ3n) is 2.91. The van der Waals surface area contributed by atoms with Gasteiger partial charge in [-0.05, 0) is 36.8 Å². The van der Waals surface area contributed by atoms with Crippen molar-refractivity contribution in [2.24, 2.45) is 0 Å². The van der Waals surface area contributed by atoms with Crippen molar-refractivity contribution in [1.29, 1.82) is 0 Å². The first kappa shape index (κ1) is 10.1. The predicted molar refractivity (Wildman–Crippen MR) is 67.5 cm³/mol. The van der Waals surface area contributed by atoms with Gasteiger partial charge in [-0.25, -0.2) is 4.98 Å². The Morgan fingerprint density at radius 3 is 2.71 bits per heavy atom. The van der Waals surface area contributed by atoms with Crippen molar-refractivity contribution < 1.29 is 4.42 Å². The average Bonchev–Trinajstić information content (AvgIpc) is 2.97. The molecular weight excluding hydrogens is 212 g/mol. The number of fused-ring (bicyclic) bond motifs is 1. The quantitative estimate of drug-likeness (QED) is 0.669. The standard InChI is InChI=1S/C14H14N2O/c1-3-13-15-12-9-11(16-6-4-5-7-16)8-10(2)14(12)17-13/h4-9H,3H2,1-2H3. The fourth-order valence-corrected chi connectivity index (χ4v) is 2.03. The number of rotatable bonds is 2. The summed E-state index contributed by atoms with van der Waals surface area (Å²) in [6.07, 6.45) is 4.88. The van der Waals surface area contributed by atoms with Crippen LogP contribution in [0.2, 0.25) is 0 Å². The third-order valence-corrected chi connectivity index (χ3v) is 2.91. The Kier molecular flexibility index (Phi) is 2.25. The van der Waals surface area contributed by atoms with Crippen LogP contribution < -0.4 is 0 Å². The lowest BCUT2D eigenvalue weighted by molar-refractivity contribution is 0.536. The average molecular weight is 226 g/mol. The molecule has 0 aliphatic rings. The van der Waals surface area contributed by atoms with Crippen LogP contribution in [-0.4, -0.2) is 9.55 Å². The van der Waals surface area contributed by atoms with E-state index in [1.54, 1.807) is 0 Å². The molecule has 0 atom stereocenters. The third kappa shape index (κ3) is 1.64. The maximum Gasteiger partial charge on any atom is 0.195 e. The lowest BCUT2D eigenvalue weighted by Gasteiger charge is -2.03. The van der Waals surface area contributed by atoms with E-state index in [1.807, 2.05) is 31.5 Å². The molecule has 0 bridgehead atoms. The SMILES string of the molecule is CCc1nc2cc(-n3cccc3)cc(C)c2o1. The van der Waals surface area contributed by atoms with E-state index in [0.29, 0.717) is 0 Å². The highest BCUT2D eigenvalue weighted by Gasteiger charge is 2.09. The molecule has 0 amide bonds. The van der Waals surface area contributed by atoms with Crippen molar-refractivity contribution in [3.8, 4) is 5.69 Å². The van der Waals surface area contributed by atoms with Crippen molar-refractivity contribution in [3.63, 3.8) is 0 Å². The van der Waals surface area contributed by atoms with E-state index in [1.165, 1.54) is 0 Å². The lowest BCUT2D eigenvalue weighted by atomic mass is 10.2. The van der Waals surface area contributed by atoms with Gasteiger partial charge in [0.15, 0.2) is 11.5 Å². The second kappa shape index (κ2) is 3.77. The second-order valence-corrected chi connectivity index (χ2v) is 4.16. The smallest absolute Gasteiger partial charge is 0.195 e. The monoisotopic (exact) mass is 226 g/mol. The number of nitrogens with zero attached hydrogens (tertiary/aromatic N) is 2. The first-order valence-corrected chi connectivity index (χ1v) is 5.81. The Balaban J connectivity index is 2.23. The van der Waals surface area contributed by atoms with Crippen LogP contribution in [0.15, 0.2) is 41.1 Å². The van der Waals surface area contributed by atoms with Gasteiger partial charge in [-0.3, -0.25) is 0 Å². The first-order valence-electron chi connectivity index (χ1n) is 5.81. The molecule has 3 heteroatoms. The lowest BCUT2D eigenvalue weighted by Crippen LogP contribution is -1.90. The zero-order valence-corrected chi connectivity index (χ0v) is 9.97. The van der Waals surface area contributed by atoms with Gasteiger partial charge >= 0.3 is 0 Å². The molecule has 0 unspecified atom stereocenters. The van der Waals surface area contributed by atoms with Gasteiger partial charge in [-0.1, -0.05) is 6.92 Å². The van der Waals surface area contributed by atoms with Crippen molar-refractivity contribution >= 4 is 11.1 Å². The van der Waals surface area contributed by atoms with E-state index in [0.717, 1.165) is 34.7 Å². The number of aryl methyl sites for hydroxylation is 2. The van der Waals surface area contributed by atoms with Crippen molar-refractivity contribution in [3.05, 3.63) is 48.1 Å². The summed E-state index contributed by atoms with van der Waals surface area (Å²) in [4.78, 5) is 4.48. The molecule has 0 aliphatic carbocycles. The minimum atomic E-state index is 0.799. The summed E-state index contributed by atoms with van der Waals surface area (Å²) in [6, 6.07) is 8.21. The molecule has 0 saturated carbocycles. The van der Waals surface area contributed by atoms with E-state index in [2.05, 4.69) is 28.6 Å². The van der Waals surface area contributed by atoms with Crippen LogP contribution in [0.5, 0.6) is 0 Å². The zero-order chi connectivity index (χ0) is 11.8. The first-order chi connectivity index (χ1) is 8.28. The molecule has 2 heterocycles. The summed E-state index contributed by atoms with van der Waals surface area (Å²) < 4.78 is 7.78. The van der Waals surface area contributed by atoms with Gasteiger partial charge in [-0.15, -0.1) is 0 Å². The minimum Gasteiger partial charge on any atom is -0.440 e. The summed E-state index contributed by atoms with van der Waals surface area (Å²) in [5.41, 5.74) is 4.08. The zero-order valence-electron chi connectivity index (χ0n) is 9.97. The number of oxazole rings is 1. The van der Waals surface area contributed by atoms with Crippen molar-refractivity contribution in [2.75, 3.05) is 0 Å². The normalized spacial score (nSPS) is 11.2. The van der Waals surface area contributed by atoms with Crippen LogP contribution in [0.1, 0.15) is 18.4 Å². The van der Waals surface area contributed by atoms with Gasteiger partial charge in [-0.2, -0.15) is 0 Å². The Bertz CT molecular complexity index is 650. The molecule has 0 spiro atoms. The van der Waals surface area contributed by atoms with Gasteiger partial charge in [0.1, 0.15) is 5.52 Å². The largest absolute Gasteiger partial charge is 0.440 e. The van der Waals surface area contributed by atoms with Gasteiger partial charge < -0.3 is 8.98 Å². The van der Waals surface area contributed by atoms with Crippen LogP contribution >= 0.6 is 0 Å². The second-order valence-electron chi connectivity index (χ2n) is 4.16. The van der Waals surface area contributed by atoms with Crippen LogP contribution in [0, 0.1) is 6.92 Å². The maximum absolute atomic E-state index is 5.70. The topological polar surface area (TPSA) is 31.0 Å². The molecule has 17 heavy (non-hydrogen) atoms. The predicted octanol–water partition coefficient (Wildman–Crippen LogP) is 3.49. The van der Waals surface area contributed by atoms with Crippen molar-refractivity contribution in [1.82, 2.24) is 9.55 Å². The summed E-state index contributed by atoms with van der Waals surface area (Å²) in [5.74, 6) is 0.799. The number of hydrogen-bond donors (Lipinski definition) is 0. The molecule has 3 rings (SSSR count). The number of hydrogen-bond acceptors (Lipinski definition) is 2. The molecule has 0 fully saturated rings. The highest BCUT2D eigenvalue weighted by atomic mass is 16.3. The summed E-state index contributed by atoms with van der Waals surface area (Å²) in [7, 11) is 0. The fourth-order valence-electron chi connectivity index (χ4n) is 2.03. The van der Waals surface area contributed by atoms with E-state index >= 15 is 0 Å². The Labute approximate surface area is 99.7 Å². The molecule has 0 radical (unpaired) electrons. The van der Waals surface area contributed by atoms with Crippen molar-refractivity contribution in [2.45, 2.75) is 20.3 Å². The number of aromatic nitrogens is 2. The van der Waals surface area contributed by atoms with E-state index in [4.69, 9.17) is 4.42 Å². The Morgan fingerprint density at radius 2 is 2.00 bits per heavy atom. The highest BCUT2D eigenvalue weighted by Crippen LogP contribution is 2.23. The van der Waals surface area contributed by atoms with E-state index in [-0.39, 0.29) is 0 Å². The Morgan fingerprint density at radius 1 is 1.24 bits per heavy atom. The maximum atomic E-state index is 5.70. The van der Waals surface area contributed by atoms with E-state index in [9.17, 15) is 0 Å². The molecule has 0 saturated heterocycles. The van der Waals surface area contributed by atoms with Crippen LogP contribution in [-0.2, 0) is 6.42 Å². The molecular formula is C14H14N2O. The molecule has 1 aromatic carbocycles. The van der Waals surface area contributed by atoms with E-state index < -0.39 is 0 Å². The summed E-state index contributed by atoms with van der Waals surface area (Å²) >= 11 is 0. The van der Waals surface area contributed by atoms with Crippen LogP contribution in [0.4, 0.5) is 0 Å². The van der Waals surface area contributed by atoms with Gasteiger partial charge in [0, 0.05) is 24.5 Å². The van der Waals surface area contributed by atoms with Gasteiger partial charge in [0.05, 0.1) is 0 Å². The summed E-state index contributed by atoms with van der Waals surface area (Å²) in [6.45, 7) is 4.10. The number of benzene rings is 1. The van der Waals surface area contributed by atoms with Crippen LogP contribution in [0.25, 0.3) is 16.8 Å². The molecule has 0 aliphatic heterocycles. The summed E-state index contributed by atoms with van der Waals surface area (Å²) in [5, 5.41) is 0. The molecule has 2 aromatic heterocycles. The molecule has 3 nitrogen and oxygen atoms in total. The fraction of sp³-hybridized carbons (Fsp3) is 0.214. The van der Waals surface area contributed by atoms with Gasteiger partial charge in [0.2, 0.25) is 0 Å². The highest BCUT2D eigenvalue weighted by molar-refractivity contribution is 5.79. The molecule has 3 aromatic rings. The minimum absolute atomic E-state index is 0.799.